The minimum atomic E-state index is 1.11. The summed E-state index contributed by atoms with van der Waals surface area (Å²) in [6.45, 7) is 0. The molecule has 0 saturated carbocycles. The van der Waals surface area contributed by atoms with Crippen molar-refractivity contribution in [2.24, 2.45) is 7.05 Å². The monoisotopic (exact) mass is 539 g/mol. The van der Waals surface area contributed by atoms with Crippen molar-refractivity contribution in [2.75, 3.05) is 12.4 Å². The van der Waals surface area contributed by atoms with Crippen molar-refractivity contribution in [3.05, 3.63) is 150 Å². The lowest BCUT2D eigenvalue weighted by Gasteiger charge is -2.11. The fourth-order valence-electron chi connectivity index (χ4n) is 6.55. The quantitative estimate of drug-likeness (QED) is 0.221. The van der Waals surface area contributed by atoms with Crippen molar-refractivity contribution in [3.63, 3.8) is 0 Å². The highest BCUT2D eigenvalue weighted by atomic mass is 15.0. The lowest BCUT2D eigenvalue weighted by molar-refractivity contribution is 1.01. The molecule has 2 heterocycles. The second-order valence-corrected chi connectivity index (χ2v) is 10.9. The van der Waals surface area contributed by atoms with Crippen LogP contribution in [0.1, 0.15) is 11.1 Å². The third kappa shape index (κ3) is 3.69. The van der Waals surface area contributed by atoms with Crippen molar-refractivity contribution < 1.29 is 0 Å². The molecule has 0 spiro atoms. The topological polar surface area (TPSA) is 21.9 Å². The van der Waals surface area contributed by atoms with Gasteiger partial charge >= 0.3 is 0 Å². The van der Waals surface area contributed by atoms with Crippen LogP contribution in [-0.4, -0.2) is 16.2 Å². The minimum absolute atomic E-state index is 1.11. The summed E-state index contributed by atoms with van der Waals surface area (Å²) in [7, 11) is 4.12. The SMILES string of the molecule is CNc1ccccc1C1=CC=C=CC(c2ccc3c(c2)c2ccccc2n3-c2ccc3c(c2)c2ccccc2n3C)=C1. The van der Waals surface area contributed by atoms with Gasteiger partial charge in [-0.15, -0.1) is 5.73 Å². The van der Waals surface area contributed by atoms with Gasteiger partial charge in [0.1, 0.15) is 0 Å². The number of hydrogen-bond acceptors (Lipinski definition) is 1. The Bertz CT molecular complexity index is 2330. The Morgan fingerprint density at radius 3 is 2.14 bits per heavy atom. The van der Waals surface area contributed by atoms with E-state index in [2.05, 4.69) is 155 Å². The molecular formula is C39H29N3. The molecule has 0 saturated heterocycles. The van der Waals surface area contributed by atoms with Crippen LogP contribution >= 0.6 is 0 Å². The largest absolute Gasteiger partial charge is 0.388 e. The van der Waals surface area contributed by atoms with E-state index in [-0.39, 0.29) is 0 Å². The average molecular weight is 540 g/mol. The van der Waals surface area contributed by atoms with Crippen molar-refractivity contribution in [3.8, 4) is 5.69 Å². The van der Waals surface area contributed by atoms with Gasteiger partial charge < -0.3 is 14.5 Å². The molecule has 5 aromatic carbocycles. The van der Waals surface area contributed by atoms with Crippen LogP contribution in [0.15, 0.2) is 139 Å². The maximum atomic E-state index is 3.36. The standard InChI is InChI=1S/C39H29N3/c1-40-35-16-8-5-13-30(35)28-12-4-3-11-26(23-28)27-19-21-39-33(24-27)32-15-7-10-18-38(32)42(39)29-20-22-37-34(25-29)31-14-6-9-17-36(31)41(37)2/h4-25,40H,1-2H3. The molecular weight excluding hydrogens is 510 g/mol. The average Bonchev–Trinajstić information content (AvgIpc) is 3.38. The van der Waals surface area contributed by atoms with Crippen molar-refractivity contribution in [1.29, 1.82) is 0 Å². The van der Waals surface area contributed by atoms with Crippen LogP contribution in [0, 0.1) is 0 Å². The molecule has 200 valence electrons. The second kappa shape index (κ2) is 9.55. The lowest BCUT2D eigenvalue weighted by Crippen LogP contribution is -1.95. The number of aryl methyl sites for hydroxylation is 1. The van der Waals surface area contributed by atoms with Crippen molar-refractivity contribution in [1.82, 2.24) is 9.13 Å². The predicted molar refractivity (Wildman–Crippen MR) is 179 cm³/mol. The van der Waals surface area contributed by atoms with Crippen LogP contribution in [0.4, 0.5) is 5.69 Å². The zero-order valence-electron chi connectivity index (χ0n) is 23.6. The van der Waals surface area contributed by atoms with Gasteiger partial charge in [0.25, 0.3) is 0 Å². The number of hydrogen-bond donors (Lipinski definition) is 1. The van der Waals surface area contributed by atoms with E-state index in [4.69, 9.17) is 0 Å². The molecule has 0 unspecified atom stereocenters. The fraction of sp³-hybridized carbons (Fsp3) is 0.0513. The Kier molecular flexibility index (Phi) is 5.53. The van der Waals surface area contributed by atoms with Gasteiger partial charge in [-0.3, -0.25) is 0 Å². The summed E-state index contributed by atoms with van der Waals surface area (Å²) in [4.78, 5) is 0. The van der Waals surface area contributed by atoms with Gasteiger partial charge in [-0.1, -0.05) is 60.7 Å². The van der Waals surface area contributed by atoms with Crippen LogP contribution in [-0.2, 0) is 7.05 Å². The first kappa shape index (κ1) is 24.3. The molecule has 0 atom stereocenters. The number of aromatic nitrogens is 2. The Balaban J connectivity index is 1.32. The molecule has 0 fully saturated rings. The maximum absolute atomic E-state index is 3.36. The first-order valence-corrected chi connectivity index (χ1v) is 14.3. The van der Waals surface area contributed by atoms with Crippen molar-refractivity contribution in [2.45, 2.75) is 0 Å². The first-order chi connectivity index (χ1) is 20.7. The molecule has 0 bridgehead atoms. The van der Waals surface area contributed by atoms with Gasteiger partial charge in [-0.25, -0.2) is 0 Å². The summed E-state index contributed by atoms with van der Waals surface area (Å²) in [6.07, 6.45) is 8.48. The third-order valence-corrected chi connectivity index (χ3v) is 8.58. The van der Waals surface area contributed by atoms with E-state index in [1.807, 2.05) is 13.1 Å². The number of anilines is 1. The predicted octanol–water partition coefficient (Wildman–Crippen LogP) is 9.66. The summed E-state index contributed by atoms with van der Waals surface area (Å²) in [5.74, 6) is 0. The Hall–Kier alpha value is -5.50. The van der Waals surface area contributed by atoms with E-state index >= 15 is 0 Å². The molecule has 0 radical (unpaired) electrons. The normalized spacial score (nSPS) is 13.2. The highest BCUT2D eigenvalue weighted by Crippen LogP contribution is 2.37. The summed E-state index contributed by atoms with van der Waals surface area (Å²) in [5, 5.41) is 8.38. The summed E-state index contributed by atoms with van der Waals surface area (Å²) in [6, 6.07) is 39.5. The smallest absolute Gasteiger partial charge is 0.0541 e. The second-order valence-electron chi connectivity index (χ2n) is 10.9. The fourth-order valence-corrected chi connectivity index (χ4v) is 6.55. The van der Waals surface area contributed by atoms with E-state index < -0.39 is 0 Å². The summed E-state index contributed by atoms with van der Waals surface area (Å²) >= 11 is 0. The summed E-state index contributed by atoms with van der Waals surface area (Å²) in [5.41, 5.74) is 15.2. The molecule has 0 amide bonds. The third-order valence-electron chi connectivity index (χ3n) is 8.58. The van der Waals surface area contributed by atoms with Crippen molar-refractivity contribution >= 4 is 60.4 Å². The molecule has 0 aliphatic heterocycles. The lowest BCUT2D eigenvalue weighted by atomic mass is 9.97. The number of allylic oxidation sites excluding steroid dienone is 5. The number of nitrogens with one attached hydrogen (secondary N) is 1. The van der Waals surface area contributed by atoms with Gasteiger partial charge in [-0.2, -0.15) is 0 Å². The number of para-hydroxylation sites is 3. The van der Waals surface area contributed by atoms with E-state index in [1.165, 1.54) is 60.4 Å². The van der Waals surface area contributed by atoms with Gasteiger partial charge in [0.2, 0.25) is 0 Å². The highest BCUT2D eigenvalue weighted by molar-refractivity contribution is 6.12. The number of rotatable bonds is 4. The number of benzene rings is 5. The van der Waals surface area contributed by atoms with Crippen LogP contribution in [0.25, 0.3) is 60.4 Å². The molecule has 2 aromatic heterocycles. The molecule has 1 N–H and O–H groups in total. The van der Waals surface area contributed by atoms with Gasteiger partial charge in [0.05, 0.1) is 11.0 Å². The Morgan fingerprint density at radius 1 is 0.619 bits per heavy atom. The Labute approximate surface area is 244 Å². The van der Waals surface area contributed by atoms with E-state index in [9.17, 15) is 0 Å². The molecule has 1 aliphatic rings. The summed E-state index contributed by atoms with van der Waals surface area (Å²) < 4.78 is 4.69. The molecule has 3 heteroatoms. The zero-order chi connectivity index (χ0) is 28.2. The molecule has 42 heavy (non-hydrogen) atoms. The van der Waals surface area contributed by atoms with Gasteiger partial charge in [-0.05, 0) is 89.5 Å². The molecule has 8 rings (SSSR count). The van der Waals surface area contributed by atoms with Gasteiger partial charge in [0.15, 0.2) is 0 Å². The number of nitrogens with zero attached hydrogens (tertiary/aromatic N) is 2. The van der Waals surface area contributed by atoms with E-state index in [1.54, 1.807) is 0 Å². The van der Waals surface area contributed by atoms with E-state index in [0.717, 1.165) is 16.8 Å². The molecule has 1 aliphatic carbocycles. The first-order valence-electron chi connectivity index (χ1n) is 14.3. The minimum Gasteiger partial charge on any atom is -0.388 e. The highest BCUT2D eigenvalue weighted by Gasteiger charge is 2.16. The Morgan fingerprint density at radius 2 is 1.29 bits per heavy atom. The van der Waals surface area contributed by atoms with Crippen LogP contribution in [0.5, 0.6) is 0 Å². The number of fused-ring (bicyclic) bond motifs is 6. The van der Waals surface area contributed by atoms with Crippen LogP contribution in [0.3, 0.4) is 0 Å². The van der Waals surface area contributed by atoms with Crippen LogP contribution in [0.2, 0.25) is 0 Å². The van der Waals surface area contributed by atoms with Crippen LogP contribution < -0.4 is 5.32 Å². The molecule has 7 aromatic rings. The maximum Gasteiger partial charge on any atom is 0.0541 e. The van der Waals surface area contributed by atoms with Gasteiger partial charge in [0, 0.05) is 63.6 Å². The van der Waals surface area contributed by atoms with E-state index in [0.29, 0.717) is 0 Å². The molecule has 3 nitrogen and oxygen atoms in total. The zero-order valence-corrected chi connectivity index (χ0v) is 23.6.